The Morgan fingerprint density at radius 3 is 2.78 bits per heavy atom. The van der Waals surface area contributed by atoms with Gasteiger partial charge in [-0.1, -0.05) is 40.2 Å². The molecule has 1 atom stereocenters. The molecule has 116 valence electrons. The topological polar surface area (TPSA) is 49.4 Å². The van der Waals surface area contributed by atoms with Gasteiger partial charge in [-0.15, -0.1) is 11.8 Å². The van der Waals surface area contributed by atoms with Crippen LogP contribution in [0.4, 0.5) is 11.4 Å². The average Bonchev–Trinajstić information content (AvgIpc) is 3.02. The summed E-state index contributed by atoms with van der Waals surface area (Å²) in [6, 6.07) is 13.3. The first kappa shape index (κ1) is 14.8. The monoisotopic (exact) mass is 388 g/mol. The molecule has 0 saturated carbocycles. The lowest BCUT2D eigenvalue weighted by atomic mass is 10.0. The highest BCUT2D eigenvalue weighted by atomic mass is 79.9. The highest BCUT2D eigenvalue weighted by Gasteiger charge is 2.58. The Labute approximate surface area is 146 Å². The van der Waals surface area contributed by atoms with E-state index in [4.69, 9.17) is 0 Å². The second-order valence-corrected chi connectivity index (χ2v) is 7.62. The lowest BCUT2D eigenvalue weighted by molar-refractivity contribution is -0.122. The van der Waals surface area contributed by atoms with Gasteiger partial charge in [0.25, 0.3) is 5.91 Å². The quantitative estimate of drug-likeness (QED) is 0.810. The summed E-state index contributed by atoms with van der Waals surface area (Å²) >= 11 is 4.88. The second kappa shape index (κ2) is 5.11. The third-order valence-electron chi connectivity index (χ3n) is 4.23. The molecule has 2 aromatic rings. The molecule has 2 aliphatic rings. The van der Waals surface area contributed by atoms with Crippen LogP contribution in [0.1, 0.15) is 11.1 Å². The van der Waals surface area contributed by atoms with Crippen molar-refractivity contribution in [2.75, 3.05) is 16.0 Å². The van der Waals surface area contributed by atoms with Gasteiger partial charge in [0.2, 0.25) is 10.8 Å². The first-order valence-electron chi connectivity index (χ1n) is 7.18. The fraction of sp³-hybridized carbons (Fsp3) is 0.176. The number of rotatable bonds is 1. The van der Waals surface area contributed by atoms with Gasteiger partial charge in [0.1, 0.15) is 0 Å². The number of halogens is 1. The molecule has 0 aliphatic carbocycles. The minimum atomic E-state index is -1.01. The molecule has 23 heavy (non-hydrogen) atoms. The number of para-hydroxylation sites is 1. The Morgan fingerprint density at radius 2 is 2.00 bits per heavy atom. The van der Waals surface area contributed by atoms with Crippen LogP contribution in [0.25, 0.3) is 0 Å². The number of aryl methyl sites for hydroxylation is 1. The van der Waals surface area contributed by atoms with Crippen molar-refractivity contribution in [2.45, 2.75) is 11.8 Å². The zero-order valence-corrected chi connectivity index (χ0v) is 14.7. The number of carbonyl (C=O) groups excluding carboxylic acids is 2. The molecule has 0 aromatic heterocycles. The van der Waals surface area contributed by atoms with E-state index in [0.29, 0.717) is 0 Å². The average molecular weight is 389 g/mol. The van der Waals surface area contributed by atoms with Crippen LogP contribution in [0.2, 0.25) is 0 Å². The molecule has 0 unspecified atom stereocenters. The van der Waals surface area contributed by atoms with E-state index in [1.165, 1.54) is 11.8 Å². The van der Waals surface area contributed by atoms with Gasteiger partial charge in [0.05, 0.1) is 5.75 Å². The van der Waals surface area contributed by atoms with Gasteiger partial charge in [-0.25, -0.2) is 0 Å². The van der Waals surface area contributed by atoms with Gasteiger partial charge in [-0.3, -0.25) is 14.5 Å². The number of amides is 2. The number of hydrogen-bond acceptors (Lipinski definition) is 3. The lowest BCUT2D eigenvalue weighted by Gasteiger charge is -2.32. The van der Waals surface area contributed by atoms with Crippen molar-refractivity contribution in [3.8, 4) is 0 Å². The van der Waals surface area contributed by atoms with Gasteiger partial charge in [0.15, 0.2) is 0 Å². The van der Waals surface area contributed by atoms with E-state index >= 15 is 0 Å². The summed E-state index contributed by atoms with van der Waals surface area (Å²) in [4.78, 5) is 26.0. The molecule has 1 N–H and O–H groups in total. The van der Waals surface area contributed by atoms with Crippen molar-refractivity contribution in [3.05, 3.63) is 58.1 Å². The molecule has 6 heteroatoms. The number of fused-ring (bicyclic) bond motifs is 2. The molecule has 0 radical (unpaired) electrons. The molecule has 2 heterocycles. The third-order valence-corrected chi connectivity index (χ3v) is 6.48. The predicted molar refractivity (Wildman–Crippen MR) is 95.6 cm³/mol. The standard InChI is InChI=1S/C17H13BrN2O2S/c1-10-6-7-11(8-13(10)18)20-15(21)9-23-17(20)12-4-2-3-5-14(12)19-16(17)22/h2-8H,9H2,1H3,(H,19,22)/t17-/m1/s1. The molecule has 4 nitrogen and oxygen atoms in total. The third kappa shape index (κ3) is 1.98. The summed E-state index contributed by atoms with van der Waals surface area (Å²) in [5.74, 6) is 0.0663. The highest BCUT2D eigenvalue weighted by Crippen LogP contribution is 2.53. The van der Waals surface area contributed by atoms with Crippen LogP contribution in [0.15, 0.2) is 46.9 Å². The van der Waals surface area contributed by atoms with Crippen molar-refractivity contribution in [1.82, 2.24) is 0 Å². The molecular formula is C17H13BrN2O2S. The molecular weight excluding hydrogens is 376 g/mol. The lowest BCUT2D eigenvalue weighted by Crippen LogP contribution is -2.47. The fourth-order valence-electron chi connectivity index (χ4n) is 3.10. The molecule has 1 fully saturated rings. The Kier molecular flexibility index (Phi) is 3.28. The van der Waals surface area contributed by atoms with E-state index in [-0.39, 0.29) is 17.6 Å². The van der Waals surface area contributed by atoms with E-state index in [0.717, 1.165) is 27.0 Å². The first-order valence-corrected chi connectivity index (χ1v) is 8.96. The second-order valence-electron chi connectivity index (χ2n) is 5.60. The van der Waals surface area contributed by atoms with Crippen LogP contribution in [0.5, 0.6) is 0 Å². The molecule has 2 aliphatic heterocycles. The molecule has 2 aromatic carbocycles. The van der Waals surface area contributed by atoms with Crippen molar-refractivity contribution < 1.29 is 9.59 Å². The van der Waals surface area contributed by atoms with Crippen molar-refractivity contribution >= 4 is 50.9 Å². The van der Waals surface area contributed by atoms with Crippen molar-refractivity contribution in [2.24, 2.45) is 0 Å². The fourth-order valence-corrected chi connectivity index (χ4v) is 4.78. The summed E-state index contributed by atoms with van der Waals surface area (Å²) < 4.78 is 0.918. The van der Waals surface area contributed by atoms with E-state index in [1.54, 1.807) is 4.90 Å². The highest BCUT2D eigenvalue weighted by molar-refractivity contribution is 9.10. The molecule has 1 saturated heterocycles. The number of carbonyl (C=O) groups is 2. The largest absolute Gasteiger partial charge is 0.323 e. The number of nitrogens with zero attached hydrogens (tertiary/aromatic N) is 1. The summed E-state index contributed by atoms with van der Waals surface area (Å²) in [6.07, 6.45) is 0. The van der Waals surface area contributed by atoms with Crippen LogP contribution < -0.4 is 10.2 Å². The van der Waals surface area contributed by atoms with Crippen LogP contribution in [0.3, 0.4) is 0 Å². The zero-order chi connectivity index (χ0) is 16.2. The Morgan fingerprint density at radius 1 is 1.22 bits per heavy atom. The molecule has 2 amide bonds. The van der Waals surface area contributed by atoms with E-state index in [2.05, 4.69) is 21.2 Å². The minimum Gasteiger partial charge on any atom is -0.323 e. The number of benzene rings is 2. The molecule has 0 bridgehead atoms. The van der Waals surface area contributed by atoms with Crippen LogP contribution in [0, 0.1) is 6.92 Å². The number of thioether (sulfide) groups is 1. The van der Waals surface area contributed by atoms with Crippen molar-refractivity contribution in [3.63, 3.8) is 0 Å². The molecule has 1 spiro atoms. The Balaban J connectivity index is 1.93. The van der Waals surface area contributed by atoms with E-state index in [1.807, 2.05) is 49.4 Å². The van der Waals surface area contributed by atoms with Crippen LogP contribution in [-0.4, -0.2) is 17.6 Å². The van der Waals surface area contributed by atoms with E-state index in [9.17, 15) is 9.59 Å². The Bertz CT molecular complexity index is 854. The SMILES string of the molecule is Cc1ccc(N2C(=O)CS[C@]23C(=O)Nc2ccccc23)cc1Br. The minimum absolute atomic E-state index is 0.0578. The van der Waals surface area contributed by atoms with E-state index < -0.39 is 4.87 Å². The van der Waals surface area contributed by atoms with Gasteiger partial charge in [-0.2, -0.15) is 0 Å². The zero-order valence-electron chi connectivity index (χ0n) is 12.3. The van der Waals surface area contributed by atoms with Gasteiger partial charge in [-0.05, 0) is 30.7 Å². The maximum absolute atomic E-state index is 12.8. The van der Waals surface area contributed by atoms with Gasteiger partial charge in [0, 0.05) is 21.4 Å². The normalized spacial score (nSPS) is 22.6. The summed E-state index contributed by atoms with van der Waals surface area (Å²) in [5.41, 5.74) is 3.43. The van der Waals surface area contributed by atoms with Gasteiger partial charge >= 0.3 is 0 Å². The first-order chi connectivity index (χ1) is 11.0. The summed E-state index contributed by atoms with van der Waals surface area (Å²) in [7, 11) is 0. The maximum atomic E-state index is 12.8. The smallest absolute Gasteiger partial charge is 0.266 e. The maximum Gasteiger partial charge on any atom is 0.266 e. The molecule has 4 rings (SSSR count). The number of anilines is 2. The number of nitrogens with one attached hydrogen (secondary N) is 1. The number of hydrogen-bond donors (Lipinski definition) is 1. The van der Waals surface area contributed by atoms with Crippen LogP contribution >= 0.6 is 27.7 Å². The van der Waals surface area contributed by atoms with Crippen LogP contribution in [-0.2, 0) is 14.5 Å². The van der Waals surface area contributed by atoms with Crippen molar-refractivity contribution in [1.29, 1.82) is 0 Å². The summed E-state index contributed by atoms with van der Waals surface area (Å²) in [5, 5.41) is 2.91. The Hall–Kier alpha value is -1.79. The van der Waals surface area contributed by atoms with Gasteiger partial charge < -0.3 is 5.32 Å². The predicted octanol–water partition coefficient (Wildman–Crippen LogP) is 3.64. The summed E-state index contributed by atoms with van der Waals surface area (Å²) in [6.45, 7) is 1.99.